The number of carbonyl (C=O) groups excluding carboxylic acids is 2. The lowest BCUT2D eigenvalue weighted by atomic mass is 10.1. The van der Waals surface area contributed by atoms with Gasteiger partial charge in [0.05, 0.1) is 36.4 Å². The van der Waals surface area contributed by atoms with Crippen LogP contribution < -0.4 is 24.3 Å². The van der Waals surface area contributed by atoms with Gasteiger partial charge in [-0.3, -0.25) is 9.59 Å². The minimum Gasteiger partial charge on any atom is -0.493 e. The molecule has 0 spiro atoms. The molecular weight excluding hydrogens is 613 g/mol. The van der Waals surface area contributed by atoms with E-state index < -0.39 is 46.7 Å². The summed E-state index contributed by atoms with van der Waals surface area (Å²) in [5, 5.41) is 2.31. The number of nitrogens with zero attached hydrogens (tertiary/aromatic N) is 2. The number of carbonyl (C=O) groups is 2. The molecule has 4 aromatic rings. The summed E-state index contributed by atoms with van der Waals surface area (Å²) in [5.41, 5.74) is -1.17. The van der Waals surface area contributed by atoms with E-state index in [0.29, 0.717) is 34.5 Å². The lowest BCUT2D eigenvalue weighted by Crippen LogP contribution is -2.25. The molecule has 0 saturated heterocycles. The van der Waals surface area contributed by atoms with Crippen LogP contribution in [0.2, 0.25) is 0 Å². The number of fused-ring (bicyclic) bond motifs is 1. The molecule has 0 bridgehead atoms. The summed E-state index contributed by atoms with van der Waals surface area (Å²) in [6, 6.07) is 7.16. The normalized spacial score (nSPS) is 11.2. The number of methoxy groups -OCH3 is 2. The monoisotopic (exact) mass is 627 g/mol. The third-order valence-electron chi connectivity index (χ3n) is 5.19. The summed E-state index contributed by atoms with van der Waals surface area (Å²) in [7, 11) is 2.83. The number of benzene rings is 3. The number of hydrogen-bond acceptors (Lipinski definition) is 8. The van der Waals surface area contributed by atoms with E-state index in [1.165, 1.54) is 26.4 Å². The molecule has 15 heteroatoms. The minimum atomic E-state index is -5.02. The molecule has 0 fully saturated rings. The third kappa shape index (κ3) is 6.20. The van der Waals surface area contributed by atoms with Gasteiger partial charge >= 0.3 is 6.36 Å². The summed E-state index contributed by atoms with van der Waals surface area (Å²) >= 11 is 3.00. The molecule has 3 aromatic carbocycles. The summed E-state index contributed by atoms with van der Waals surface area (Å²) in [6.45, 7) is 0. The van der Waals surface area contributed by atoms with E-state index in [1.54, 1.807) is 0 Å². The summed E-state index contributed by atoms with van der Waals surface area (Å²) in [5.74, 6) is -6.59. The van der Waals surface area contributed by atoms with Crippen molar-refractivity contribution >= 4 is 44.2 Å². The fourth-order valence-corrected chi connectivity index (χ4v) is 3.81. The van der Waals surface area contributed by atoms with Gasteiger partial charge in [-0.2, -0.15) is 0 Å². The van der Waals surface area contributed by atoms with Crippen molar-refractivity contribution in [3.05, 3.63) is 70.5 Å². The summed E-state index contributed by atoms with van der Waals surface area (Å²) < 4.78 is 87.1. The molecule has 0 radical (unpaired) electrons. The molecule has 208 valence electrons. The molecule has 40 heavy (non-hydrogen) atoms. The van der Waals surface area contributed by atoms with Crippen LogP contribution >= 0.6 is 15.9 Å². The number of halogens is 6. The number of anilines is 1. The van der Waals surface area contributed by atoms with Crippen LogP contribution in [-0.2, 0) is 4.79 Å². The van der Waals surface area contributed by atoms with Crippen molar-refractivity contribution in [2.24, 2.45) is 0 Å². The van der Waals surface area contributed by atoms with Gasteiger partial charge in [-0.05, 0) is 34.1 Å². The Kier molecular flexibility index (Phi) is 8.04. The molecule has 0 aliphatic carbocycles. The van der Waals surface area contributed by atoms with Gasteiger partial charge in [-0.1, -0.05) is 0 Å². The molecule has 0 unspecified atom stereocenters. The van der Waals surface area contributed by atoms with E-state index in [1.807, 2.05) is 5.32 Å². The second-order valence-electron chi connectivity index (χ2n) is 7.74. The average molecular weight is 628 g/mol. The van der Waals surface area contributed by atoms with Crippen molar-refractivity contribution < 1.29 is 50.5 Å². The fourth-order valence-electron chi connectivity index (χ4n) is 3.47. The first-order valence-corrected chi connectivity index (χ1v) is 11.6. The number of Topliss-reactive ketones (excluding diaryl/α,β-unsaturated/α-hetero) is 1. The van der Waals surface area contributed by atoms with Gasteiger partial charge in [0.1, 0.15) is 29.5 Å². The van der Waals surface area contributed by atoms with Crippen LogP contribution in [0.3, 0.4) is 0 Å². The number of aromatic nitrogens is 2. The van der Waals surface area contributed by atoms with Gasteiger partial charge < -0.3 is 24.3 Å². The van der Waals surface area contributed by atoms with Crippen LogP contribution in [0.25, 0.3) is 10.9 Å². The Hall–Kier alpha value is -4.53. The number of amides is 1. The van der Waals surface area contributed by atoms with Crippen molar-refractivity contribution in [3.63, 3.8) is 0 Å². The second kappa shape index (κ2) is 11.3. The lowest BCUT2D eigenvalue weighted by Gasteiger charge is -2.13. The highest BCUT2D eigenvalue weighted by molar-refractivity contribution is 9.10. The van der Waals surface area contributed by atoms with E-state index in [-0.39, 0.29) is 16.0 Å². The average Bonchev–Trinajstić information content (AvgIpc) is 2.88. The van der Waals surface area contributed by atoms with Crippen LogP contribution in [0.5, 0.6) is 28.9 Å². The Morgan fingerprint density at radius 3 is 2.17 bits per heavy atom. The first kappa shape index (κ1) is 28.5. The van der Waals surface area contributed by atoms with Gasteiger partial charge in [0.25, 0.3) is 11.7 Å². The zero-order valence-corrected chi connectivity index (χ0v) is 21.8. The van der Waals surface area contributed by atoms with Gasteiger partial charge in [-0.25, -0.2) is 18.7 Å². The summed E-state index contributed by atoms with van der Waals surface area (Å²) in [6.07, 6.45) is -3.87. The molecule has 1 aromatic heterocycles. The van der Waals surface area contributed by atoms with Gasteiger partial charge in [0.15, 0.2) is 11.5 Å². The Bertz CT molecular complexity index is 1610. The van der Waals surface area contributed by atoms with E-state index >= 15 is 0 Å². The molecule has 1 amide bonds. The van der Waals surface area contributed by atoms with Crippen LogP contribution in [-0.4, -0.2) is 42.2 Å². The quantitative estimate of drug-likeness (QED) is 0.140. The van der Waals surface area contributed by atoms with E-state index in [2.05, 4.69) is 30.6 Å². The van der Waals surface area contributed by atoms with E-state index in [0.717, 1.165) is 24.5 Å². The Morgan fingerprint density at radius 2 is 1.55 bits per heavy atom. The molecule has 0 aliphatic rings. The van der Waals surface area contributed by atoms with Crippen LogP contribution in [0.1, 0.15) is 10.4 Å². The summed E-state index contributed by atoms with van der Waals surface area (Å²) in [4.78, 5) is 33.1. The zero-order valence-electron chi connectivity index (χ0n) is 20.2. The van der Waals surface area contributed by atoms with Gasteiger partial charge in [-0.15, -0.1) is 13.2 Å². The molecule has 1 N–H and O–H groups in total. The zero-order chi connectivity index (χ0) is 29.2. The maximum absolute atomic E-state index is 14.9. The van der Waals surface area contributed by atoms with Crippen molar-refractivity contribution in [2.45, 2.75) is 6.36 Å². The number of alkyl halides is 3. The number of hydrogen-bond donors (Lipinski definition) is 1. The minimum absolute atomic E-state index is 0.0687. The number of ketones is 1. The van der Waals surface area contributed by atoms with E-state index in [4.69, 9.17) is 14.2 Å². The molecule has 4 rings (SSSR count). The van der Waals surface area contributed by atoms with E-state index in [9.17, 15) is 31.5 Å². The molecule has 0 aliphatic heterocycles. The number of ether oxygens (including phenoxy) is 4. The standard InChI is InChI=1S/C25H15BrF5N3O6/c1-37-19-8-13-17(9-20(19)38-2)32-10-33-24(13)39-12-5-15(27)21(16(28)6-12)22(35)23(36)34-18-7-11(3-4-14(18)26)40-25(29,30)31/h3-10H,1-2H3,(H,34,36). The predicted octanol–water partition coefficient (Wildman–Crippen LogP) is 6.20. The largest absolute Gasteiger partial charge is 0.573 e. The molecule has 9 nitrogen and oxygen atoms in total. The third-order valence-corrected chi connectivity index (χ3v) is 5.88. The fraction of sp³-hybridized carbons (Fsp3) is 0.120. The lowest BCUT2D eigenvalue weighted by molar-refractivity contribution is -0.274. The van der Waals surface area contributed by atoms with Crippen molar-refractivity contribution in [2.75, 3.05) is 19.5 Å². The number of rotatable bonds is 8. The highest BCUT2D eigenvalue weighted by Gasteiger charge is 2.32. The van der Waals surface area contributed by atoms with Crippen LogP contribution in [0.4, 0.5) is 27.6 Å². The van der Waals surface area contributed by atoms with Crippen LogP contribution in [0.15, 0.2) is 53.3 Å². The van der Waals surface area contributed by atoms with Crippen molar-refractivity contribution in [1.29, 1.82) is 0 Å². The first-order chi connectivity index (χ1) is 18.9. The van der Waals surface area contributed by atoms with Crippen molar-refractivity contribution in [1.82, 2.24) is 9.97 Å². The Morgan fingerprint density at radius 1 is 0.900 bits per heavy atom. The highest BCUT2D eigenvalue weighted by atomic mass is 79.9. The van der Waals surface area contributed by atoms with Gasteiger partial charge in [0, 0.05) is 28.7 Å². The smallest absolute Gasteiger partial charge is 0.493 e. The molecular formula is C25H15BrF5N3O6. The Balaban J connectivity index is 1.59. The van der Waals surface area contributed by atoms with Crippen molar-refractivity contribution in [3.8, 4) is 28.9 Å². The van der Waals surface area contributed by atoms with Crippen LogP contribution in [0, 0.1) is 11.6 Å². The maximum atomic E-state index is 14.9. The first-order valence-electron chi connectivity index (χ1n) is 10.8. The topological polar surface area (TPSA) is 109 Å². The maximum Gasteiger partial charge on any atom is 0.573 e. The molecule has 0 atom stereocenters. The number of nitrogens with one attached hydrogen (secondary N) is 1. The Labute approximate surface area is 230 Å². The molecule has 1 heterocycles. The predicted molar refractivity (Wildman–Crippen MR) is 133 cm³/mol. The second-order valence-corrected chi connectivity index (χ2v) is 8.59. The highest BCUT2D eigenvalue weighted by Crippen LogP contribution is 2.36. The SMILES string of the molecule is COc1cc2ncnc(Oc3cc(F)c(C(=O)C(=O)Nc4cc(OC(F)(F)F)ccc4Br)c(F)c3)c2cc1OC. The molecule has 0 saturated carbocycles. The van der Waals surface area contributed by atoms with Gasteiger partial charge in [0.2, 0.25) is 5.88 Å².